The van der Waals surface area contributed by atoms with Gasteiger partial charge in [0.1, 0.15) is 18.0 Å². The smallest absolute Gasteiger partial charge is 0.249 e. The van der Waals surface area contributed by atoms with Crippen molar-refractivity contribution < 1.29 is 9.18 Å². The molecule has 4 heterocycles. The molecule has 1 fully saturated rings. The van der Waals surface area contributed by atoms with Crippen molar-refractivity contribution in [2.24, 2.45) is 12.8 Å². The van der Waals surface area contributed by atoms with E-state index in [0.29, 0.717) is 47.1 Å². The molecule has 1 saturated heterocycles. The summed E-state index contributed by atoms with van der Waals surface area (Å²) in [5.74, 6) is 0.146. The number of hydrogen-bond acceptors (Lipinski definition) is 9. The Morgan fingerprint density at radius 1 is 1.22 bits per heavy atom. The van der Waals surface area contributed by atoms with E-state index in [4.69, 9.17) is 5.73 Å². The van der Waals surface area contributed by atoms with E-state index < -0.39 is 11.7 Å². The number of carbonyl (C=O) groups is 1. The second-order valence-corrected chi connectivity index (χ2v) is 9.71. The zero-order valence-electron chi connectivity index (χ0n) is 21.0. The number of primary amides is 1. The number of nitrogens with one attached hydrogen (secondary N) is 2. The van der Waals surface area contributed by atoms with Gasteiger partial charge < -0.3 is 16.4 Å². The van der Waals surface area contributed by atoms with Crippen molar-refractivity contribution in [3.63, 3.8) is 0 Å². The second-order valence-electron chi connectivity index (χ2n) is 9.71. The van der Waals surface area contributed by atoms with E-state index in [0.717, 1.165) is 19.4 Å². The first kappa shape index (κ1) is 24.5. The fourth-order valence-electron chi connectivity index (χ4n) is 4.86. The Morgan fingerprint density at radius 3 is 2.76 bits per heavy atom. The lowest BCUT2D eigenvalue weighted by Crippen LogP contribution is -2.39. The number of nitrogens with two attached hydrogens (primary N) is 1. The van der Waals surface area contributed by atoms with Gasteiger partial charge in [-0.05, 0) is 63.4 Å². The van der Waals surface area contributed by atoms with Crippen molar-refractivity contribution in [1.82, 2.24) is 34.6 Å². The molecule has 0 unspecified atom stereocenters. The lowest BCUT2D eigenvalue weighted by Gasteiger charge is -2.32. The van der Waals surface area contributed by atoms with E-state index in [1.54, 1.807) is 30.2 Å². The van der Waals surface area contributed by atoms with E-state index >= 15 is 4.39 Å². The Balaban J connectivity index is 1.48. The van der Waals surface area contributed by atoms with E-state index in [-0.39, 0.29) is 16.8 Å². The number of halogens is 1. The van der Waals surface area contributed by atoms with Crippen LogP contribution in [0, 0.1) is 5.82 Å². The number of hydrogen-bond donors (Lipinski definition) is 3. The maximum Gasteiger partial charge on any atom is 0.249 e. The molecule has 0 spiro atoms. The van der Waals surface area contributed by atoms with Crippen LogP contribution in [-0.4, -0.2) is 59.2 Å². The van der Waals surface area contributed by atoms with Crippen LogP contribution in [0.1, 0.15) is 42.6 Å². The molecular formula is C25H29FN10O. The highest BCUT2D eigenvalue weighted by molar-refractivity contribution is 5.97. The first-order chi connectivity index (χ1) is 17.7. The van der Waals surface area contributed by atoms with Gasteiger partial charge in [0.05, 0.1) is 11.1 Å². The molecule has 0 atom stereocenters. The predicted octanol–water partition coefficient (Wildman–Crippen LogP) is 3.30. The van der Waals surface area contributed by atoms with Gasteiger partial charge >= 0.3 is 0 Å². The van der Waals surface area contributed by atoms with Crippen LogP contribution in [0.25, 0.3) is 11.0 Å². The molecule has 1 aliphatic rings. The number of fused-ring (bicyclic) bond motifs is 1. The zero-order valence-corrected chi connectivity index (χ0v) is 21.0. The molecular weight excluding hydrogens is 475 g/mol. The van der Waals surface area contributed by atoms with Crippen molar-refractivity contribution in [2.45, 2.75) is 38.6 Å². The number of rotatable bonds is 8. The van der Waals surface area contributed by atoms with Crippen molar-refractivity contribution >= 4 is 40.2 Å². The summed E-state index contributed by atoms with van der Waals surface area (Å²) in [5.41, 5.74) is 7.25. The number of amides is 1. The Hall–Kier alpha value is -4.19. The van der Waals surface area contributed by atoms with E-state index in [9.17, 15) is 4.79 Å². The summed E-state index contributed by atoms with van der Waals surface area (Å²) < 4.78 is 16.8. The molecule has 1 aliphatic heterocycles. The number of aromatic nitrogens is 6. The van der Waals surface area contributed by atoms with Gasteiger partial charge in [-0.2, -0.15) is 10.1 Å². The van der Waals surface area contributed by atoms with Gasteiger partial charge in [0.25, 0.3) is 0 Å². The summed E-state index contributed by atoms with van der Waals surface area (Å²) in [6, 6.07) is 4.39. The minimum Gasteiger partial charge on any atom is -0.366 e. The Labute approximate surface area is 213 Å². The largest absolute Gasteiger partial charge is 0.366 e. The van der Waals surface area contributed by atoms with Crippen LogP contribution < -0.4 is 16.4 Å². The molecule has 4 N–H and O–H groups in total. The molecule has 3 aromatic heterocycles. The first-order valence-electron chi connectivity index (χ1n) is 12.1. The zero-order chi connectivity index (χ0) is 26.2. The standard InChI is InChI=1S/C25H29FN10O/c1-25(2)9-4-11-36(25)12-8-15-16(21(27)37)5-6-18(26)20(15)32-22-17-13-29-24(33-23(17)35(3)34-22)31-19-7-10-28-14-30-19/h5-7,10,13-14H,4,8-9,11-12H2,1-3H3,(H2,27,37)(H,32,34)(H,28,29,30,31,33). The highest BCUT2D eigenvalue weighted by Gasteiger charge is 2.32. The Morgan fingerprint density at radius 2 is 2.05 bits per heavy atom. The third-order valence-corrected chi connectivity index (χ3v) is 6.88. The van der Waals surface area contributed by atoms with E-state index in [2.05, 4.69) is 54.4 Å². The topological polar surface area (TPSA) is 140 Å². The summed E-state index contributed by atoms with van der Waals surface area (Å²) >= 11 is 0. The Kier molecular flexibility index (Phi) is 6.42. The molecule has 0 radical (unpaired) electrons. The lowest BCUT2D eigenvalue weighted by molar-refractivity contribution is 0.0999. The average molecular weight is 505 g/mol. The first-order valence-corrected chi connectivity index (χ1v) is 12.1. The average Bonchev–Trinajstić information content (AvgIpc) is 3.37. The van der Waals surface area contributed by atoms with Gasteiger partial charge in [-0.15, -0.1) is 0 Å². The number of benzene rings is 1. The van der Waals surface area contributed by atoms with Crippen LogP contribution in [0.15, 0.2) is 36.9 Å². The van der Waals surface area contributed by atoms with Gasteiger partial charge in [-0.3, -0.25) is 9.69 Å². The summed E-state index contributed by atoms with van der Waals surface area (Å²) in [5, 5.41) is 11.2. The maximum atomic E-state index is 15.2. The summed E-state index contributed by atoms with van der Waals surface area (Å²) in [7, 11) is 1.74. The molecule has 37 heavy (non-hydrogen) atoms. The molecule has 1 aromatic carbocycles. The molecule has 0 aliphatic carbocycles. The number of anilines is 4. The van der Waals surface area contributed by atoms with Crippen LogP contribution >= 0.6 is 0 Å². The molecule has 0 bridgehead atoms. The van der Waals surface area contributed by atoms with E-state index in [1.165, 1.54) is 18.5 Å². The minimum absolute atomic E-state index is 0.0554. The van der Waals surface area contributed by atoms with Crippen molar-refractivity contribution in [1.29, 1.82) is 0 Å². The normalized spacial score (nSPS) is 15.2. The van der Waals surface area contributed by atoms with Crippen molar-refractivity contribution in [2.75, 3.05) is 23.7 Å². The van der Waals surface area contributed by atoms with Gasteiger partial charge in [0, 0.05) is 37.1 Å². The van der Waals surface area contributed by atoms with Gasteiger partial charge in [-0.1, -0.05) is 0 Å². The van der Waals surface area contributed by atoms with Crippen LogP contribution in [0.5, 0.6) is 0 Å². The van der Waals surface area contributed by atoms with Crippen molar-refractivity contribution in [3.05, 3.63) is 53.9 Å². The third kappa shape index (κ3) is 4.92. The molecule has 5 rings (SSSR count). The molecule has 0 saturated carbocycles. The number of aryl methyl sites for hydroxylation is 1. The quantitative estimate of drug-likeness (QED) is 0.330. The predicted molar refractivity (Wildman–Crippen MR) is 138 cm³/mol. The lowest BCUT2D eigenvalue weighted by atomic mass is 9.98. The van der Waals surface area contributed by atoms with Crippen LogP contribution in [0.2, 0.25) is 0 Å². The molecule has 11 nitrogen and oxygen atoms in total. The summed E-state index contributed by atoms with van der Waals surface area (Å²) in [6.45, 7) is 6.04. The molecule has 12 heteroatoms. The van der Waals surface area contributed by atoms with Crippen molar-refractivity contribution in [3.8, 4) is 0 Å². The molecule has 192 valence electrons. The number of likely N-dealkylation sites (tertiary alicyclic amines) is 1. The fourth-order valence-corrected chi connectivity index (χ4v) is 4.86. The SMILES string of the molecule is Cn1nc(Nc2c(F)ccc(C(N)=O)c2CCN2CCCC2(C)C)c2cnc(Nc3ccncn3)nc21. The van der Waals surface area contributed by atoms with Crippen LogP contribution in [0.3, 0.4) is 0 Å². The number of nitrogens with zero attached hydrogens (tertiary/aromatic N) is 7. The maximum absolute atomic E-state index is 15.2. The molecule has 4 aromatic rings. The monoisotopic (exact) mass is 504 g/mol. The minimum atomic E-state index is -0.603. The summed E-state index contributed by atoms with van der Waals surface area (Å²) in [4.78, 5) is 31.5. The van der Waals surface area contributed by atoms with E-state index in [1.807, 2.05) is 0 Å². The highest BCUT2D eigenvalue weighted by atomic mass is 19.1. The second kappa shape index (κ2) is 9.69. The van der Waals surface area contributed by atoms with Crippen LogP contribution in [0.4, 0.5) is 27.7 Å². The van der Waals surface area contributed by atoms with Gasteiger partial charge in [0.15, 0.2) is 11.5 Å². The highest BCUT2D eigenvalue weighted by Crippen LogP contribution is 2.33. The van der Waals surface area contributed by atoms with Gasteiger partial charge in [-0.25, -0.2) is 24.0 Å². The number of carbonyl (C=O) groups excluding carboxylic acids is 1. The fraction of sp³-hybridized carbons (Fsp3) is 0.360. The van der Waals surface area contributed by atoms with Crippen LogP contribution in [-0.2, 0) is 13.5 Å². The Bertz CT molecular complexity index is 1450. The third-order valence-electron chi connectivity index (χ3n) is 6.88. The molecule has 1 amide bonds. The van der Waals surface area contributed by atoms with Gasteiger partial charge in [0.2, 0.25) is 11.9 Å². The summed E-state index contributed by atoms with van der Waals surface area (Å²) in [6.07, 6.45) is 7.29.